The van der Waals surface area contributed by atoms with Gasteiger partial charge in [0.1, 0.15) is 0 Å². The van der Waals surface area contributed by atoms with Crippen LogP contribution in [-0.4, -0.2) is 8.42 Å². The largest absolute Gasteiger partial charge is 0.238 e. The molecule has 0 saturated carbocycles. The smallest absolute Gasteiger partial charge is 0.225 e. The first kappa shape index (κ1) is 13.2. The average molecular weight is 241 g/mol. The van der Waals surface area contributed by atoms with Gasteiger partial charge in [0, 0.05) is 0 Å². The van der Waals surface area contributed by atoms with Crippen LogP contribution in [0.5, 0.6) is 0 Å². The van der Waals surface area contributed by atoms with Crippen molar-refractivity contribution in [3.8, 4) is 0 Å². The summed E-state index contributed by atoms with van der Waals surface area (Å²) in [7, 11) is -3.58. The predicted molar refractivity (Wildman–Crippen MR) is 65.7 cm³/mol. The fourth-order valence-corrected chi connectivity index (χ4v) is 2.22. The summed E-state index contributed by atoms with van der Waals surface area (Å²) >= 11 is 0. The maximum atomic E-state index is 11.1. The molecular formula is C12H19NO2S. The van der Waals surface area contributed by atoms with E-state index in [2.05, 4.69) is 20.8 Å². The highest BCUT2D eigenvalue weighted by Crippen LogP contribution is 2.31. The summed E-state index contributed by atoms with van der Waals surface area (Å²) in [6.07, 6.45) is 2.05. The summed E-state index contributed by atoms with van der Waals surface area (Å²) in [4.78, 5) is 0.172. The van der Waals surface area contributed by atoms with Crippen LogP contribution in [0, 0.1) is 0 Å². The Morgan fingerprint density at radius 2 is 1.56 bits per heavy atom. The van der Waals surface area contributed by atoms with Crippen LogP contribution in [0.1, 0.15) is 39.2 Å². The second kappa shape index (κ2) is 4.55. The summed E-state index contributed by atoms with van der Waals surface area (Å²) in [5.41, 5.74) is 1.27. The molecule has 0 saturated heterocycles. The molecule has 0 spiro atoms. The van der Waals surface area contributed by atoms with Gasteiger partial charge in [-0.3, -0.25) is 0 Å². The van der Waals surface area contributed by atoms with E-state index in [9.17, 15) is 8.42 Å². The molecule has 1 rings (SSSR count). The molecule has 0 heterocycles. The minimum absolute atomic E-state index is 0.108. The van der Waals surface area contributed by atoms with Gasteiger partial charge in [0.05, 0.1) is 4.90 Å². The van der Waals surface area contributed by atoms with E-state index < -0.39 is 10.0 Å². The lowest BCUT2D eigenvalue weighted by atomic mass is 9.78. The summed E-state index contributed by atoms with van der Waals surface area (Å²) in [5.74, 6) is 0. The fraction of sp³-hybridized carbons (Fsp3) is 0.500. The Kier molecular flexibility index (Phi) is 3.76. The zero-order chi connectivity index (χ0) is 12.4. The van der Waals surface area contributed by atoms with Crippen LogP contribution in [0.3, 0.4) is 0 Å². The average Bonchev–Trinajstić information content (AvgIpc) is 2.27. The molecule has 0 aliphatic heterocycles. The van der Waals surface area contributed by atoms with Gasteiger partial charge in [0.2, 0.25) is 10.0 Å². The van der Waals surface area contributed by atoms with Crippen molar-refractivity contribution < 1.29 is 8.42 Å². The lowest BCUT2D eigenvalue weighted by Crippen LogP contribution is -2.20. The standard InChI is InChI=1S/C12H19NO2S/c1-4-12(3,5-2)10-6-8-11(9-7-10)16(13,14)15/h6-9H,4-5H2,1-3H3,(H2,13,14,15). The summed E-state index contributed by atoms with van der Waals surface area (Å²) in [5, 5.41) is 5.05. The van der Waals surface area contributed by atoms with Gasteiger partial charge in [-0.1, -0.05) is 32.9 Å². The number of nitrogens with two attached hydrogens (primary N) is 1. The Hall–Kier alpha value is -0.870. The van der Waals surface area contributed by atoms with Gasteiger partial charge in [-0.05, 0) is 36.0 Å². The summed E-state index contributed by atoms with van der Waals surface area (Å²) in [6, 6.07) is 6.86. The van der Waals surface area contributed by atoms with Crippen LogP contribution in [0.15, 0.2) is 29.2 Å². The minimum Gasteiger partial charge on any atom is -0.225 e. The normalized spacial score (nSPS) is 12.8. The number of primary sulfonamides is 1. The van der Waals surface area contributed by atoms with Crippen molar-refractivity contribution in [2.24, 2.45) is 5.14 Å². The highest BCUT2D eigenvalue weighted by Gasteiger charge is 2.22. The monoisotopic (exact) mass is 241 g/mol. The van der Waals surface area contributed by atoms with Gasteiger partial charge in [-0.25, -0.2) is 13.6 Å². The third-order valence-electron chi connectivity index (χ3n) is 3.44. The molecule has 0 radical (unpaired) electrons. The van der Waals surface area contributed by atoms with Crippen molar-refractivity contribution in [3.63, 3.8) is 0 Å². The SMILES string of the molecule is CCC(C)(CC)c1ccc(S(N)(=O)=O)cc1. The summed E-state index contributed by atoms with van der Waals surface area (Å²) in [6.45, 7) is 6.45. The molecule has 0 amide bonds. The maximum absolute atomic E-state index is 11.1. The number of sulfonamides is 1. The molecule has 1 aromatic rings. The van der Waals surface area contributed by atoms with Gasteiger partial charge < -0.3 is 0 Å². The molecule has 2 N–H and O–H groups in total. The molecule has 0 bridgehead atoms. The second-order valence-electron chi connectivity index (χ2n) is 4.34. The third-order valence-corrected chi connectivity index (χ3v) is 4.37. The lowest BCUT2D eigenvalue weighted by Gasteiger charge is -2.27. The molecule has 16 heavy (non-hydrogen) atoms. The Balaban J connectivity index is 3.13. The molecule has 4 heteroatoms. The molecule has 90 valence electrons. The molecule has 1 aromatic carbocycles. The number of benzene rings is 1. The van der Waals surface area contributed by atoms with E-state index in [0.29, 0.717) is 0 Å². The van der Waals surface area contributed by atoms with E-state index in [1.807, 2.05) is 12.1 Å². The van der Waals surface area contributed by atoms with Crippen LogP contribution in [0.25, 0.3) is 0 Å². The van der Waals surface area contributed by atoms with Gasteiger partial charge >= 0.3 is 0 Å². The number of rotatable bonds is 4. The molecule has 0 atom stereocenters. The van der Waals surface area contributed by atoms with Crippen molar-refractivity contribution in [2.75, 3.05) is 0 Å². The molecule has 0 unspecified atom stereocenters. The second-order valence-corrected chi connectivity index (χ2v) is 5.90. The van der Waals surface area contributed by atoms with E-state index >= 15 is 0 Å². The first-order valence-corrected chi connectivity index (χ1v) is 7.01. The lowest BCUT2D eigenvalue weighted by molar-refractivity contribution is 0.438. The van der Waals surface area contributed by atoms with Crippen LogP contribution in [0.2, 0.25) is 0 Å². The van der Waals surface area contributed by atoms with Crippen LogP contribution in [0.4, 0.5) is 0 Å². The third kappa shape index (κ3) is 2.62. The van der Waals surface area contributed by atoms with Crippen molar-refractivity contribution in [1.82, 2.24) is 0 Å². The van der Waals surface area contributed by atoms with Crippen LogP contribution < -0.4 is 5.14 Å². The Labute approximate surface area is 97.7 Å². The zero-order valence-electron chi connectivity index (χ0n) is 10.0. The summed E-state index contributed by atoms with van der Waals surface area (Å²) < 4.78 is 22.2. The van der Waals surface area contributed by atoms with E-state index in [1.54, 1.807) is 12.1 Å². The quantitative estimate of drug-likeness (QED) is 0.880. The van der Waals surface area contributed by atoms with Gasteiger partial charge in [-0.2, -0.15) is 0 Å². The maximum Gasteiger partial charge on any atom is 0.238 e. The first-order valence-electron chi connectivity index (χ1n) is 5.47. The topological polar surface area (TPSA) is 60.2 Å². The minimum atomic E-state index is -3.58. The Morgan fingerprint density at radius 1 is 1.12 bits per heavy atom. The highest BCUT2D eigenvalue weighted by atomic mass is 32.2. The van der Waals surface area contributed by atoms with Crippen molar-refractivity contribution in [3.05, 3.63) is 29.8 Å². The van der Waals surface area contributed by atoms with E-state index in [-0.39, 0.29) is 10.3 Å². The Morgan fingerprint density at radius 3 is 1.88 bits per heavy atom. The predicted octanol–water partition coefficient (Wildman–Crippen LogP) is 2.41. The van der Waals surface area contributed by atoms with Crippen LogP contribution >= 0.6 is 0 Å². The van der Waals surface area contributed by atoms with Gasteiger partial charge in [0.15, 0.2) is 0 Å². The van der Waals surface area contributed by atoms with Crippen LogP contribution in [-0.2, 0) is 15.4 Å². The highest BCUT2D eigenvalue weighted by molar-refractivity contribution is 7.89. The van der Waals surface area contributed by atoms with E-state index in [4.69, 9.17) is 5.14 Å². The first-order chi connectivity index (χ1) is 7.33. The Bertz CT molecular complexity index is 444. The molecule has 0 aromatic heterocycles. The number of hydrogen-bond acceptors (Lipinski definition) is 2. The fourth-order valence-electron chi connectivity index (χ4n) is 1.71. The van der Waals surface area contributed by atoms with Crippen molar-refractivity contribution in [2.45, 2.75) is 43.9 Å². The molecule has 3 nitrogen and oxygen atoms in total. The molecular weight excluding hydrogens is 222 g/mol. The number of hydrogen-bond donors (Lipinski definition) is 1. The van der Waals surface area contributed by atoms with Crippen molar-refractivity contribution in [1.29, 1.82) is 0 Å². The zero-order valence-corrected chi connectivity index (χ0v) is 10.8. The van der Waals surface area contributed by atoms with E-state index in [0.717, 1.165) is 18.4 Å². The van der Waals surface area contributed by atoms with Gasteiger partial charge in [-0.15, -0.1) is 0 Å². The molecule has 0 aliphatic carbocycles. The van der Waals surface area contributed by atoms with Gasteiger partial charge in [0.25, 0.3) is 0 Å². The van der Waals surface area contributed by atoms with Crippen molar-refractivity contribution >= 4 is 10.0 Å². The molecule has 0 aliphatic rings. The molecule has 0 fully saturated rings. The van der Waals surface area contributed by atoms with E-state index in [1.165, 1.54) is 0 Å².